The molecule has 3 amide bonds. The number of hydrogen-bond donors (Lipinski definition) is 3. The Hall–Kier alpha value is -3.43. The minimum absolute atomic E-state index is 0.169. The number of rotatable bonds is 4. The Bertz CT molecular complexity index is 1380. The molecule has 0 saturated carbocycles. The van der Waals surface area contributed by atoms with Crippen LogP contribution in [0.5, 0.6) is 0 Å². The van der Waals surface area contributed by atoms with Gasteiger partial charge in [0.2, 0.25) is 0 Å². The predicted octanol–water partition coefficient (Wildman–Crippen LogP) is 5.44. The highest BCUT2D eigenvalue weighted by molar-refractivity contribution is 9.10. The first-order chi connectivity index (χ1) is 15.8. The number of anilines is 2. The van der Waals surface area contributed by atoms with Crippen molar-refractivity contribution < 1.29 is 14.4 Å². The molecule has 0 aliphatic rings. The van der Waals surface area contributed by atoms with Gasteiger partial charge in [-0.1, -0.05) is 44.0 Å². The Labute approximate surface area is 206 Å². The van der Waals surface area contributed by atoms with Gasteiger partial charge in [-0.25, -0.2) is 4.68 Å². The molecule has 0 atom stereocenters. The summed E-state index contributed by atoms with van der Waals surface area (Å²) in [7, 11) is 0. The summed E-state index contributed by atoms with van der Waals surface area (Å²) in [6.07, 6.45) is 0. The summed E-state index contributed by atoms with van der Waals surface area (Å²) in [5.74, 6) is -2.20. The molecule has 0 bridgehead atoms. The second-order valence-corrected chi connectivity index (χ2v) is 9.13. The summed E-state index contributed by atoms with van der Waals surface area (Å²) in [5, 5.41) is 6.09. The first-order valence-electron chi connectivity index (χ1n) is 9.87. The van der Waals surface area contributed by atoms with E-state index in [-0.39, 0.29) is 5.69 Å². The molecule has 0 saturated heterocycles. The minimum atomic E-state index is -0.908. The topological polar surface area (TPSA) is 92.2 Å². The van der Waals surface area contributed by atoms with Crippen molar-refractivity contribution in [2.75, 3.05) is 16.1 Å². The number of carbonyl (C=O) groups excluding carboxylic acids is 3. The predicted molar refractivity (Wildman–Crippen MR) is 136 cm³/mol. The SMILES string of the molecule is Cc1cccc(NC(=O)C(=O)Nn2c(C(=O)Nc3ccc(Br)cc3)cc3cc(Br)ccc32)c1. The van der Waals surface area contributed by atoms with E-state index in [0.29, 0.717) is 22.3 Å². The molecule has 0 spiro atoms. The molecule has 0 fully saturated rings. The molecule has 0 aliphatic heterocycles. The zero-order chi connectivity index (χ0) is 23.5. The van der Waals surface area contributed by atoms with E-state index in [1.165, 1.54) is 4.68 Å². The highest BCUT2D eigenvalue weighted by atomic mass is 79.9. The molecule has 1 aromatic heterocycles. The van der Waals surface area contributed by atoms with E-state index in [2.05, 4.69) is 47.9 Å². The summed E-state index contributed by atoms with van der Waals surface area (Å²) in [6.45, 7) is 1.89. The average Bonchev–Trinajstić information content (AvgIpc) is 3.12. The van der Waals surface area contributed by atoms with E-state index in [0.717, 1.165) is 14.5 Å². The molecule has 9 heteroatoms. The minimum Gasteiger partial charge on any atom is -0.321 e. The molecule has 33 heavy (non-hydrogen) atoms. The van der Waals surface area contributed by atoms with E-state index in [1.54, 1.807) is 60.7 Å². The lowest BCUT2D eigenvalue weighted by Crippen LogP contribution is -2.36. The van der Waals surface area contributed by atoms with Crippen molar-refractivity contribution in [1.29, 1.82) is 0 Å². The van der Waals surface area contributed by atoms with Gasteiger partial charge < -0.3 is 10.6 Å². The van der Waals surface area contributed by atoms with Crippen LogP contribution >= 0.6 is 31.9 Å². The van der Waals surface area contributed by atoms with Gasteiger partial charge in [0.15, 0.2) is 0 Å². The number of aromatic nitrogens is 1. The van der Waals surface area contributed by atoms with E-state index >= 15 is 0 Å². The van der Waals surface area contributed by atoms with Crippen molar-refractivity contribution in [3.8, 4) is 0 Å². The Balaban J connectivity index is 1.62. The van der Waals surface area contributed by atoms with Crippen LogP contribution < -0.4 is 16.1 Å². The third-order valence-electron chi connectivity index (χ3n) is 4.79. The number of benzene rings is 3. The lowest BCUT2D eigenvalue weighted by molar-refractivity contribution is -0.133. The molecule has 0 aliphatic carbocycles. The summed E-state index contributed by atoms with van der Waals surface area (Å²) in [5.41, 5.74) is 5.32. The van der Waals surface area contributed by atoms with E-state index in [4.69, 9.17) is 0 Å². The van der Waals surface area contributed by atoms with Gasteiger partial charge in [0.1, 0.15) is 5.69 Å². The van der Waals surface area contributed by atoms with Crippen LogP contribution in [0.1, 0.15) is 16.1 Å². The van der Waals surface area contributed by atoms with Gasteiger partial charge in [-0.3, -0.25) is 19.8 Å². The van der Waals surface area contributed by atoms with Crippen LogP contribution in [0.2, 0.25) is 0 Å². The first-order valence-corrected chi connectivity index (χ1v) is 11.5. The summed E-state index contributed by atoms with van der Waals surface area (Å²) < 4.78 is 3.01. The van der Waals surface area contributed by atoms with Gasteiger partial charge in [-0.2, -0.15) is 0 Å². The fraction of sp³-hybridized carbons (Fsp3) is 0.0417. The smallest absolute Gasteiger partial charge is 0.321 e. The molecule has 166 valence electrons. The zero-order valence-corrected chi connectivity index (χ0v) is 20.5. The van der Waals surface area contributed by atoms with Gasteiger partial charge in [0.05, 0.1) is 5.52 Å². The van der Waals surface area contributed by atoms with Crippen LogP contribution in [0.4, 0.5) is 11.4 Å². The second-order valence-electron chi connectivity index (χ2n) is 7.29. The van der Waals surface area contributed by atoms with E-state index in [1.807, 2.05) is 19.1 Å². The number of aryl methyl sites for hydroxylation is 1. The zero-order valence-electron chi connectivity index (χ0n) is 17.4. The summed E-state index contributed by atoms with van der Waals surface area (Å²) >= 11 is 6.77. The Kier molecular flexibility index (Phi) is 6.62. The maximum atomic E-state index is 13.0. The molecular weight excluding hydrogens is 552 g/mol. The standard InChI is InChI=1S/C24H18Br2N4O3/c1-14-3-2-4-19(11-14)28-23(32)24(33)29-30-20-10-7-17(26)12-15(20)13-21(30)22(31)27-18-8-5-16(25)6-9-18/h2-13H,1H3,(H,27,31)(H,28,32)(H,29,33). The van der Waals surface area contributed by atoms with Crippen molar-refractivity contribution in [2.24, 2.45) is 0 Å². The van der Waals surface area contributed by atoms with Crippen LogP contribution in [0.3, 0.4) is 0 Å². The number of hydrogen-bond acceptors (Lipinski definition) is 3. The lowest BCUT2D eigenvalue weighted by atomic mass is 10.2. The van der Waals surface area contributed by atoms with Crippen LogP contribution in [-0.4, -0.2) is 22.4 Å². The molecule has 7 nitrogen and oxygen atoms in total. The quantitative estimate of drug-likeness (QED) is 0.286. The number of halogens is 2. The third-order valence-corrected chi connectivity index (χ3v) is 5.82. The monoisotopic (exact) mass is 568 g/mol. The molecule has 3 N–H and O–H groups in total. The van der Waals surface area contributed by atoms with Crippen molar-refractivity contribution in [3.05, 3.63) is 93.0 Å². The molecule has 4 aromatic rings. The van der Waals surface area contributed by atoms with Crippen LogP contribution in [0, 0.1) is 6.92 Å². The number of amides is 3. The molecule has 0 radical (unpaired) electrons. The number of nitrogens with zero attached hydrogens (tertiary/aromatic N) is 1. The number of fused-ring (bicyclic) bond motifs is 1. The normalized spacial score (nSPS) is 10.6. The molecule has 3 aromatic carbocycles. The fourth-order valence-corrected chi connectivity index (χ4v) is 3.91. The van der Waals surface area contributed by atoms with Crippen molar-refractivity contribution >= 4 is 71.9 Å². The van der Waals surface area contributed by atoms with Gasteiger partial charge in [-0.15, -0.1) is 0 Å². The van der Waals surface area contributed by atoms with E-state index in [9.17, 15) is 14.4 Å². The third kappa shape index (κ3) is 5.32. The lowest BCUT2D eigenvalue weighted by Gasteiger charge is -2.13. The molecule has 0 unspecified atom stereocenters. The highest BCUT2D eigenvalue weighted by Gasteiger charge is 2.21. The Morgan fingerprint density at radius 1 is 0.758 bits per heavy atom. The molecular formula is C24H18Br2N4O3. The van der Waals surface area contributed by atoms with Gasteiger partial charge in [0.25, 0.3) is 5.91 Å². The second kappa shape index (κ2) is 9.60. The first kappa shape index (κ1) is 22.8. The van der Waals surface area contributed by atoms with Gasteiger partial charge in [-0.05, 0) is 73.2 Å². The van der Waals surface area contributed by atoms with Crippen LogP contribution in [-0.2, 0) is 9.59 Å². The molecule has 1 heterocycles. The average molecular weight is 570 g/mol. The maximum Gasteiger partial charge on any atom is 0.328 e. The maximum absolute atomic E-state index is 13.0. The van der Waals surface area contributed by atoms with Crippen molar-refractivity contribution in [1.82, 2.24) is 4.68 Å². The number of carbonyl (C=O) groups is 3. The summed E-state index contributed by atoms with van der Waals surface area (Å²) in [6, 6.07) is 21.2. The number of nitrogens with one attached hydrogen (secondary N) is 3. The Morgan fingerprint density at radius 2 is 1.48 bits per heavy atom. The fourth-order valence-electron chi connectivity index (χ4n) is 3.27. The Morgan fingerprint density at radius 3 is 2.21 bits per heavy atom. The summed E-state index contributed by atoms with van der Waals surface area (Å²) in [4.78, 5) is 38.2. The van der Waals surface area contributed by atoms with E-state index < -0.39 is 17.7 Å². The van der Waals surface area contributed by atoms with Gasteiger partial charge in [0, 0.05) is 25.7 Å². The van der Waals surface area contributed by atoms with Gasteiger partial charge >= 0.3 is 11.8 Å². The largest absolute Gasteiger partial charge is 0.328 e. The van der Waals surface area contributed by atoms with Crippen molar-refractivity contribution in [3.63, 3.8) is 0 Å². The van der Waals surface area contributed by atoms with Crippen LogP contribution in [0.15, 0.2) is 81.7 Å². The van der Waals surface area contributed by atoms with Crippen LogP contribution in [0.25, 0.3) is 10.9 Å². The van der Waals surface area contributed by atoms with Crippen molar-refractivity contribution in [2.45, 2.75) is 6.92 Å². The molecule has 4 rings (SSSR count). The highest BCUT2D eigenvalue weighted by Crippen LogP contribution is 2.24.